The summed E-state index contributed by atoms with van der Waals surface area (Å²) in [6, 6.07) is 12.6. The summed E-state index contributed by atoms with van der Waals surface area (Å²) in [6.07, 6.45) is 0. The van der Waals surface area contributed by atoms with Gasteiger partial charge in [0.05, 0.1) is 27.4 Å². The van der Waals surface area contributed by atoms with Gasteiger partial charge in [0, 0.05) is 0 Å². The molecule has 6 heteroatoms. The average Bonchev–Trinajstić information content (AvgIpc) is 2.46. The lowest BCUT2D eigenvalue weighted by atomic mass is 10.2. The Morgan fingerprint density at radius 2 is 1.67 bits per heavy atom. The molecule has 0 aliphatic heterocycles. The van der Waals surface area contributed by atoms with Crippen LogP contribution in [-0.4, -0.2) is 12.5 Å². The Balaban J connectivity index is 1.86. The topological polar surface area (TPSA) is 38.3 Å². The molecule has 21 heavy (non-hydrogen) atoms. The van der Waals surface area contributed by atoms with Crippen molar-refractivity contribution in [3.63, 3.8) is 0 Å². The van der Waals surface area contributed by atoms with E-state index in [9.17, 15) is 4.79 Å². The molecule has 0 bridgehead atoms. The largest absolute Gasteiger partial charge is 0.367 e. The predicted molar refractivity (Wildman–Crippen MR) is 86.2 cm³/mol. The number of halogens is 3. The highest BCUT2D eigenvalue weighted by molar-refractivity contribution is 6.44. The van der Waals surface area contributed by atoms with Gasteiger partial charge in [-0.3, -0.25) is 4.79 Å². The predicted octanol–water partition coefficient (Wildman–Crippen LogP) is 4.80. The molecule has 1 N–H and O–H groups in total. The van der Waals surface area contributed by atoms with E-state index in [-0.39, 0.29) is 12.5 Å². The van der Waals surface area contributed by atoms with Gasteiger partial charge in [0.25, 0.3) is 0 Å². The molecule has 3 nitrogen and oxygen atoms in total. The monoisotopic (exact) mass is 343 g/mol. The maximum atomic E-state index is 11.8. The minimum Gasteiger partial charge on any atom is -0.367 e. The van der Waals surface area contributed by atoms with E-state index in [2.05, 4.69) is 5.32 Å². The van der Waals surface area contributed by atoms with Gasteiger partial charge in [0.15, 0.2) is 0 Å². The van der Waals surface area contributed by atoms with Crippen LogP contribution in [0.5, 0.6) is 0 Å². The van der Waals surface area contributed by atoms with E-state index < -0.39 is 0 Å². The molecule has 2 rings (SSSR count). The van der Waals surface area contributed by atoms with Gasteiger partial charge in [-0.2, -0.15) is 0 Å². The minimum absolute atomic E-state index is 0.0779. The highest BCUT2D eigenvalue weighted by Gasteiger charge is 2.09. The van der Waals surface area contributed by atoms with Crippen molar-refractivity contribution in [3.8, 4) is 0 Å². The quantitative estimate of drug-likeness (QED) is 0.791. The molecule has 0 radical (unpaired) electrons. The van der Waals surface area contributed by atoms with E-state index >= 15 is 0 Å². The third kappa shape index (κ3) is 4.90. The number of ether oxygens (including phenoxy) is 1. The van der Waals surface area contributed by atoms with Crippen LogP contribution < -0.4 is 5.32 Å². The van der Waals surface area contributed by atoms with Gasteiger partial charge in [-0.25, -0.2) is 0 Å². The second-order valence-corrected chi connectivity index (χ2v) is 5.49. The van der Waals surface area contributed by atoms with Crippen LogP contribution in [0.4, 0.5) is 5.69 Å². The van der Waals surface area contributed by atoms with E-state index in [1.54, 1.807) is 0 Å². The zero-order valence-electron chi connectivity index (χ0n) is 10.9. The van der Waals surface area contributed by atoms with Crippen molar-refractivity contribution in [2.24, 2.45) is 0 Å². The first kappa shape index (κ1) is 16.1. The lowest BCUT2D eigenvalue weighted by Crippen LogP contribution is -2.18. The Hall–Kier alpha value is -1.26. The molecule has 0 spiro atoms. The van der Waals surface area contributed by atoms with Gasteiger partial charge >= 0.3 is 0 Å². The maximum absolute atomic E-state index is 11.8. The van der Waals surface area contributed by atoms with Crippen LogP contribution in [0.1, 0.15) is 5.56 Å². The molecule has 0 aliphatic carbocycles. The molecule has 2 aromatic carbocycles. The number of benzene rings is 2. The number of anilines is 1. The van der Waals surface area contributed by atoms with Crippen molar-refractivity contribution < 1.29 is 9.53 Å². The van der Waals surface area contributed by atoms with Crippen molar-refractivity contribution in [3.05, 3.63) is 63.1 Å². The summed E-state index contributed by atoms with van der Waals surface area (Å²) >= 11 is 17.7. The van der Waals surface area contributed by atoms with Crippen LogP contribution in [0.2, 0.25) is 15.1 Å². The van der Waals surface area contributed by atoms with Crippen molar-refractivity contribution in [1.29, 1.82) is 0 Å². The fourth-order valence-electron chi connectivity index (χ4n) is 1.64. The zero-order valence-corrected chi connectivity index (χ0v) is 13.2. The van der Waals surface area contributed by atoms with Crippen LogP contribution in [0.25, 0.3) is 0 Å². The third-order valence-electron chi connectivity index (χ3n) is 2.63. The van der Waals surface area contributed by atoms with Gasteiger partial charge in [-0.15, -0.1) is 0 Å². The first-order chi connectivity index (χ1) is 10.1. The number of amides is 1. The molecule has 0 fully saturated rings. The summed E-state index contributed by atoms with van der Waals surface area (Å²) in [6.45, 7) is 0.287. The molecule has 0 aliphatic rings. The molecule has 1 amide bonds. The number of hydrogen-bond donors (Lipinski definition) is 1. The minimum atomic E-state index is -0.314. The Labute approximate surface area is 137 Å². The van der Waals surface area contributed by atoms with E-state index in [1.165, 1.54) is 12.1 Å². The van der Waals surface area contributed by atoms with Crippen molar-refractivity contribution in [2.75, 3.05) is 11.9 Å². The summed E-state index contributed by atoms with van der Waals surface area (Å²) in [5.41, 5.74) is 1.40. The highest BCUT2D eigenvalue weighted by atomic mass is 35.5. The van der Waals surface area contributed by atoms with Gasteiger partial charge in [0.2, 0.25) is 5.91 Å². The molecule has 110 valence electrons. The Bertz CT molecular complexity index is 632. The molecule has 0 unspecified atom stereocenters. The molecule has 0 saturated carbocycles. The van der Waals surface area contributed by atoms with E-state index in [4.69, 9.17) is 39.5 Å². The van der Waals surface area contributed by atoms with Gasteiger partial charge in [-0.05, 0) is 17.7 Å². The van der Waals surface area contributed by atoms with E-state index in [0.29, 0.717) is 27.4 Å². The fourth-order valence-corrected chi connectivity index (χ4v) is 2.23. The normalized spacial score (nSPS) is 10.4. The van der Waals surface area contributed by atoms with Crippen LogP contribution in [-0.2, 0) is 16.1 Å². The zero-order chi connectivity index (χ0) is 15.2. The number of carbonyl (C=O) groups excluding carboxylic acids is 1. The van der Waals surface area contributed by atoms with Crippen LogP contribution in [0, 0.1) is 0 Å². The van der Waals surface area contributed by atoms with E-state index in [1.807, 2.05) is 30.3 Å². The second kappa shape index (κ2) is 7.66. The highest BCUT2D eigenvalue weighted by Crippen LogP contribution is 2.32. The smallest absolute Gasteiger partial charge is 0.250 e. The standard InChI is InChI=1S/C15H12Cl3NO2/c16-11-6-13(18)14(7-12(11)17)19-15(20)9-21-8-10-4-2-1-3-5-10/h1-7H,8-9H2,(H,19,20). The molecule has 0 heterocycles. The van der Waals surface area contributed by atoms with Crippen LogP contribution >= 0.6 is 34.8 Å². The lowest BCUT2D eigenvalue weighted by molar-refractivity contribution is -0.121. The molecular formula is C15H12Cl3NO2. The number of carbonyl (C=O) groups is 1. The van der Waals surface area contributed by atoms with Gasteiger partial charge in [0.1, 0.15) is 6.61 Å². The summed E-state index contributed by atoms with van der Waals surface area (Å²) in [5.74, 6) is -0.314. The third-order valence-corrected chi connectivity index (χ3v) is 3.66. The molecule has 2 aromatic rings. The van der Waals surface area contributed by atoms with Gasteiger partial charge in [-0.1, -0.05) is 65.1 Å². The van der Waals surface area contributed by atoms with Crippen molar-refractivity contribution in [2.45, 2.75) is 6.61 Å². The summed E-state index contributed by atoms with van der Waals surface area (Å²) in [4.78, 5) is 11.8. The first-order valence-electron chi connectivity index (χ1n) is 6.12. The molecular weight excluding hydrogens is 333 g/mol. The van der Waals surface area contributed by atoms with Gasteiger partial charge < -0.3 is 10.1 Å². The Kier molecular flexibility index (Phi) is 5.88. The first-order valence-corrected chi connectivity index (χ1v) is 7.25. The SMILES string of the molecule is O=C(COCc1ccccc1)Nc1cc(Cl)c(Cl)cc1Cl. The molecule has 0 atom stereocenters. The summed E-state index contributed by atoms with van der Waals surface area (Å²) in [5, 5.41) is 3.60. The maximum Gasteiger partial charge on any atom is 0.250 e. The fraction of sp³-hybridized carbons (Fsp3) is 0.133. The Morgan fingerprint density at radius 1 is 1.00 bits per heavy atom. The number of hydrogen-bond acceptors (Lipinski definition) is 2. The second-order valence-electron chi connectivity index (χ2n) is 4.27. The number of rotatable bonds is 5. The Morgan fingerprint density at radius 3 is 2.38 bits per heavy atom. The average molecular weight is 345 g/mol. The van der Waals surface area contributed by atoms with E-state index in [0.717, 1.165) is 5.56 Å². The van der Waals surface area contributed by atoms with Crippen molar-refractivity contribution >= 4 is 46.4 Å². The summed E-state index contributed by atoms with van der Waals surface area (Å²) < 4.78 is 5.33. The lowest BCUT2D eigenvalue weighted by Gasteiger charge is -2.09. The number of nitrogens with one attached hydrogen (secondary N) is 1. The van der Waals surface area contributed by atoms with Crippen LogP contribution in [0.15, 0.2) is 42.5 Å². The summed E-state index contributed by atoms with van der Waals surface area (Å²) in [7, 11) is 0. The molecule has 0 aromatic heterocycles. The van der Waals surface area contributed by atoms with Crippen LogP contribution in [0.3, 0.4) is 0 Å². The van der Waals surface area contributed by atoms with Crippen molar-refractivity contribution in [1.82, 2.24) is 0 Å². The molecule has 0 saturated heterocycles.